The predicted octanol–water partition coefficient (Wildman–Crippen LogP) is 2.47. The zero-order valence-electron chi connectivity index (χ0n) is 10.8. The first-order chi connectivity index (χ1) is 9.65. The van der Waals surface area contributed by atoms with Gasteiger partial charge in [0.05, 0.1) is 11.1 Å². The maximum Gasteiger partial charge on any atom is 0.281 e. The van der Waals surface area contributed by atoms with Crippen molar-refractivity contribution in [1.29, 1.82) is 0 Å². The average molecular weight is 287 g/mol. The lowest BCUT2D eigenvalue weighted by molar-refractivity contribution is -0.114. The summed E-state index contributed by atoms with van der Waals surface area (Å²) < 4.78 is 0. The first-order valence-corrected chi connectivity index (χ1v) is 6.77. The zero-order valence-corrected chi connectivity index (χ0v) is 11.6. The standard InChI is InChI=1S/C14H13N3O2S/c1-10(18)16-12-6-4-11(5-7-12)9-15-17-14(19)13-3-2-8-20-13/h2-9H,1H3,(H,16,18)(H,17,19). The predicted molar refractivity (Wildman–Crippen MR) is 80.1 cm³/mol. The second kappa shape index (κ2) is 6.63. The molecule has 6 heteroatoms. The summed E-state index contributed by atoms with van der Waals surface area (Å²) in [4.78, 5) is 23.1. The van der Waals surface area contributed by atoms with Gasteiger partial charge in [0.2, 0.25) is 5.91 Å². The Kier molecular flexibility index (Phi) is 4.62. The Bertz CT molecular complexity index is 618. The molecule has 1 aromatic carbocycles. The number of nitrogens with one attached hydrogen (secondary N) is 2. The molecule has 0 radical (unpaired) electrons. The fraction of sp³-hybridized carbons (Fsp3) is 0.0714. The molecule has 0 saturated carbocycles. The van der Waals surface area contributed by atoms with E-state index in [0.29, 0.717) is 4.88 Å². The Morgan fingerprint density at radius 2 is 1.95 bits per heavy atom. The normalized spacial score (nSPS) is 10.4. The number of carbonyl (C=O) groups excluding carboxylic acids is 2. The molecule has 1 heterocycles. The van der Waals surface area contributed by atoms with Gasteiger partial charge in [0, 0.05) is 12.6 Å². The van der Waals surface area contributed by atoms with Gasteiger partial charge >= 0.3 is 0 Å². The van der Waals surface area contributed by atoms with Crippen LogP contribution in [0.25, 0.3) is 0 Å². The number of anilines is 1. The number of rotatable bonds is 4. The fourth-order valence-corrected chi connectivity index (χ4v) is 2.10. The average Bonchev–Trinajstić information content (AvgIpc) is 2.94. The van der Waals surface area contributed by atoms with Gasteiger partial charge in [-0.1, -0.05) is 18.2 Å². The van der Waals surface area contributed by atoms with Crippen molar-refractivity contribution in [3.63, 3.8) is 0 Å². The number of hydrazone groups is 1. The molecule has 0 bridgehead atoms. The van der Waals surface area contributed by atoms with Crippen LogP contribution < -0.4 is 10.7 Å². The van der Waals surface area contributed by atoms with E-state index in [1.54, 1.807) is 36.5 Å². The summed E-state index contributed by atoms with van der Waals surface area (Å²) in [6, 6.07) is 10.7. The first kappa shape index (κ1) is 14.0. The smallest absolute Gasteiger partial charge is 0.281 e. The number of hydrogen-bond acceptors (Lipinski definition) is 4. The van der Waals surface area contributed by atoms with Crippen LogP contribution in [0, 0.1) is 0 Å². The number of carbonyl (C=O) groups is 2. The van der Waals surface area contributed by atoms with Crippen LogP contribution in [0.5, 0.6) is 0 Å². The number of benzene rings is 1. The van der Waals surface area contributed by atoms with Crippen LogP contribution in [-0.2, 0) is 4.79 Å². The summed E-state index contributed by atoms with van der Waals surface area (Å²) in [6.45, 7) is 1.45. The second-order valence-electron chi connectivity index (χ2n) is 3.98. The minimum atomic E-state index is -0.230. The third-order valence-electron chi connectivity index (χ3n) is 2.36. The zero-order chi connectivity index (χ0) is 14.4. The molecule has 2 amide bonds. The fourth-order valence-electron chi connectivity index (χ4n) is 1.48. The van der Waals surface area contributed by atoms with Crippen LogP contribution in [0.2, 0.25) is 0 Å². The van der Waals surface area contributed by atoms with Crippen molar-refractivity contribution < 1.29 is 9.59 Å². The summed E-state index contributed by atoms with van der Waals surface area (Å²) in [5.74, 6) is -0.347. The maximum absolute atomic E-state index is 11.6. The van der Waals surface area contributed by atoms with Crippen molar-refractivity contribution in [2.24, 2.45) is 5.10 Å². The van der Waals surface area contributed by atoms with Crippen molar-refractivity contribution in [2.75, 3.05) is 5.32 Å². The molecule has 0 aliphatic rings. The highest BCUT2D eigenvalue weighted by atomic mass is 32.1. The maximum atomic E-state index is 11.6. The molecule has 0 fully saturated rings. The van der Waals surface area contributed by atoms with E-state index in [0.717, 1.165) is 11.3 Å². The van der Waals surface area contributed by atoms with E-state index in [2.05, 4.69) is 15.8 Å². The summed E-state index contributed by atoms with van der Waals surface area (Å²) in [5.41, 5.74) is 4.00. The molecular formula is C14H13N3O2S. The first-order valence-electron chi connectivity index (χ1n) is 5.90. The number of amides is 2. The Labute approximate surface area is 120 Å². The number of nitrogens with zero attached hydrogens (tertiary/aromatic N) is 1. The highest BCUT2D eigenvalue weighted by Gasteiger charge is 2.03. The van der Waals surface area contributed by atoms with Crippen LogP contribution in [0.1, 0.15) is 22.2 Å². The molecule has 0 aliphatic carbocycles. The molecule has 20 heavy (non-hydrogen) atoms. The van der Waals surface area contributed by atoms with Crippen LogP contribution in [-0.4, -0.2) is 18.0 Å². The molecule has 1 aromatic heterocycles. The van der Waals surface area contributed by atoms with E-state index < -0.39 is 0 Å². The van der Waals surface area contributed by atoms with E-state index in [-0.39, 0.29) is 11.8 Å². The Hall–Kier alpha value is -2.47. The van der Waals surface area contributed by atoms with Gasteiger partial charge in [-0.3, -0.25) is 9.59 Å². The van der Waals surface area contributed by atoms with Crippen molar-refractivity contribution in [3.05, 3.63) is 52.2 Å². The molecule has 0 aliphatic heterocycles. The van der Waals surface area contributed by atoms with E-state index in [1.165, 1.54) is 18.3 Å². The molecule has 2 rings (SSSR count). The van der Waals surface area contributed by atoms with E-state index in [1.807, 2.05) is 11.4 Å². The molecule has 0 spiro atoms. The molecule has 0 unspecified atom stereocenters. The minimum absolute atomic E-state index is 0.116. The van der Waals surface area contributed by atoms with Gasteiger partial charge in [-0.15, -0.1) is 11.3 Å². The SMILES string of the molecule is CC(=O)Nc1ccc(C=NNC(=O)c2cccs2)cc1. The third kappa shape index (κ3) is 4.03. The summed E-state index contributed by atoms with van der Waals surface area (Å²) in [6.07, 6.45) is 1.54. The van der Waals surface area contributed by atoms with Crippen molar-refractivity contribution in [2.45, 2.75) is 6.92 Å². The van der Waals surface area contributed by atoms with Gasteiger partial charge in [-0.25, -0.2) is 5.43 Å². The monoisotopic (exact) mass is 287 g/mol. The quantitative estimate of drug-likeness (QED) is 0.670. The second-order valence-corrected chi connectivity index (χ2v) is 4.93. The largest absolute Gasteiger partial charge is 0.326 e. The highest BCUT2D eigenvalue weighted by Crippen LogP contribution is 2.09. The van der Waals surface area contributed by atoms with Crippen LogP contribution in [0.3, 0.4) is 0 Å². The summed E-state index contributed by atoms with van der Waals surface area (Å²) in [7, 11) is 0. The van der Waals surface area contributed by atoms with Gasteiger partial charge in [0.25, 0.3) is 5.91 Å². The highest BCUT2D eigenvalue weighted by molar-refractivity contribution is 7.12. The van der Waals surface area contributed by atoms with E-state index in [4.69, 9.17) is 0 Å². The lowest BCUT2D eigenvalue weighted by Gasteiger charge is -2.01. The Morgan fingerprint density at radius 1 is 1.20 bits per heavy atom. The lowest BCUT2D eigenvalue weighted by atomic mass is 10.2. The van der Waals surface area contributed by atoms with E-state index in [9.17, 15) is 9.59 Å². The van der Waals surface area contributed by atoms with Crippen LogP contribution >= 0.6 is 11.3 Å². The van der Waals surface area contributed by atoms with Gasteiger partial charge in [0.15, 0.2) is 0 Å². The molecular weight excluding hydrogens is 274 g/mol. The molecule has 2 N–H and O–H groups in total. The van der Waals surface area contributed by atoms with Gasteiger partial charge < -0.3 is 5.32 Å². The van der Waals surface area contributed by atoms with Crippen LogP contribution in [0.15, 0.2) is 46.9 Å². The van der Waals surface area contributed by atoms with Crippen molar-refractivity contribution in [1.82, 2.24) is 5.43 Å². The van der Waals surface area contributed by atoms with Gasteiger partial charge in [-0.2, -0.15) is 5.10 Å². The van der Waals surface area contributed by atoms with Crippen LogP contribution in [0.4, 0.5) is 5.69 Å². The topological polar surface area (TPSA) is 70.6 Å². The van der Waals surface area contributed by atoms with Crippen molar-refractivity contribution >= 4 is 35.1 Å². The lowest BCUT2D eigenvalue weighted by Crippen LogP contribution is -2.16. The molecule has 2 aromatic rings. The number of hydrogen-bond donors (Lipinski definition) is 2. The van der Waals surface area contributed by atoms with E-state index >= 15 is 0 Å². The molecule has 0 saturated heterocycles. The Balaban J connectivity index is 1.91. The molecule has 102 valence electrons. The molecule has 0 atom stereocenters. The minimum Gasteiger partial charge on any atom is -0.326 e. The Morgan fingerprint density at radius 3 is 2.55 bits per heavy atom. The van der Waals surface area contributed by atoms with Gasteiger partial charge in [-0.05, 0) is 29.1 Å². The third-order valence-corrected chi connectivity index (χ3v) is 3.22. The summed E-state index contributed by atoms with van der Waals surface area (Å²) in [5, 5.41) is 8.39. The number of thiophene rings is 1. The molecule has 5 nitrogen and oxygen atoms in total. The summed E-state index contributed by atoms with van der Waals surface area (Å²) >= 11 is 1.36. The van der Waals surface area contributed by atoms with Crippen molar-refractivity contribution in [3.8, 4) is 0 Å². The van der Waals surface area contributed by atoms with Gasteiger partial charge in [0.1, 0.15) is 0 Å².